The van der Waals surface area contributed by atoms with Crippen molar-refractivity contribution in [1.29, 1.82) is 0 Å². The molecule has 20 heavy (non-hydrogen) atoms. The van der Waals surface area contributed by atoms with Crippen LogP contribution in [0.3, 0.4) is 0 Å². The van der Waals surface area contributed by atoms with E-state index in [4.69, 9.17) is 16.7 Å². The molecular weight excluding hydrogens is 285 g/mol. The summed E-state index contributed by atoms with van der Waals surface area (Å²) in [5, 5.41) is 16.9. The van der Waals surface area contributed by atoms with Crippen LogP contribution >= 0.6 is 11.6 Å². The quantitative estimate of drug-likeness (QED) is 0.788. The third kappa shape index (κ3) is 1.90. The number of aromatic carboxylic acids is 1. The van der Waals surface area contributed by atoms with Crippen LogP contribution in [0.15, 0.2) is 36.4 Å². The SMILES string of the molecule is O=C(O)c1ccc2nnn(-c3c(F)cccc3Cl)c2c1. The largest absolute Gasteiger partial charge is 0.478 e. The summed E-state index contributed by atoms with van der Waals surface area (Å²) in [5.41, 5.74) is 0.930. The van der Waals surface area contributed by atoms with Gasteiger partial charge in [-0.3, -0.25) is 0 Å². The van der Waals surface area contributed by atoms with E-state index in [1.54, 1.807) is 0 Å². The molecule has 3 rings (SSSR count). The van der Waals surface area contributed by atoms with Crippen molar-refractivity contribution in [1.82, 2.24) is 15.0 Å². The second-order valence-electron chi connectivity index (χ2n) is 4.08. The van der Waals surface area contributed by atoms with Crippen molar-refractivity contribution in [2.45, 2.75) is 0 Å². The molecule has 0 saturated carbocycles. The number of rotatable bonds is 2. The van der Waals surface area contributed by atoms with Crippen LogP contribution < -0.4 is 0 Å². The lowest BCUT2D eigenvalue weighted by atomic mass is 10.2. The number of benzene rings is 2. The molecule has 0 aliphatic carbocycles. The first kappa shape index (κ1) is 12.6. The molecule has 3 aromatic rings. The average Bonchev–Trinajstić information content (AvgIpc) is 2.81. The normalized spacial score (nSPS) is 10.9. The second-order valence-corrected chi connectivity index (χ2v) is 4.49. The van der Waals surface area contributed by atoms with Crippen molar-refractivity contribution in [2.75, 3.05) is 0 Å². The number of aromatic nitrogens is 3. The monoisotopic (exact) mass is 291 g/mol. The molecule has 5 nitrogen and oxygen atoms in total. The molecule has 0 radical (unpaired) electrons. The van der Waals surface area contributed by atoms with Gasteiger partial charge < -0.3 is 5.11 Å². The van der Waals surface area contributed by atoms with E-state index < -0.39 is 11.8 Å². The minimum Gasteiger partial charge on any atom is -0.478 e. The maximum absolute atomic E-state index is 13.9. The van der Waals surface area contributed by atoms with Gasteiger partial charge in [-0.25, -0.2) is 13.9 Å². The fourth-order valence-electron chi connectivity index (χ4n) is 1.91. The number of para-hydroxylation sites is 1. The van der Waals surface area contributed by atoms with Crippen molar-refractivity contribution in [2.24, 2.45) is 0 Å². The number of carboxylic acid groups (broad SMARTS) is 1. The van der Waals surface area contributed by atoms with Crippen molar-refractivity contribution in [3.8, 4) is 5.69 Å². The van der Waals surface area contributed by atoms with Gasteiger partial charge in [0.25, 0.3) is 0 Å². The van der Waals surface area contributed by atoms with Gasteiger partial charge >= 0.3 is 5.97 Å². The number of hydrogen-bond acceptors (Lipinski definition) is 3. The maximum atomic E-state index is 13.9. The Morgan fingerprint density at radius 1 is 1.30 bits per heavy atom. The molecule has 0 aliphatic rings. The van der Waals surface area contributed by atoms with Crippen LogP contribution in [0.1, 0.15) is 10.4 Å². The van der Waals surface area contributed by atoms with Gasteiger partial charge in [-0.15, -0.1) is 5.10 Å². The summed E-state index contributed by atoms with van der Waals surface area (Å²) in [6.45, 7) is 0. The van der Waals surface area contributed by atoms with Crippen LogP contribution in [0.5, 0.6) is 0 Å². The molecular formula is C13H7ClFN3O2. The lowest BCUT2D eigenvalue weighted by Crippen LogP contribution is -2.02. The van der Waals surface area contributed by atoms with Gasteiger partial charge in [-0.05, 0) is 30.3 Å². The summed E-state index contributed by atoms with van der Waals surface area (Å²) in [5.74, 6) is -1.65. The molecule has 0 aliphatic heterocycles. The fourth-order valence-corrected chi connectivity index (χ4v) is 2.15. The van der Waals surface area contributed by atoms with Gasteiger partial charge in [0.05, 0.1) is 16.1 Å². The molecule has 0 saturated heterocycles. The highest BCUT2D eigenvalue weighted by Gasteiger charge is 2.15. The summed E-state index contributed by atoms with van der Waals surface area (Å²) >= 11 is 5.98. The maximum Gasteiger partial charge on any atom is 0.335 e. The van der Waals surface area contributed by atoms with E-state index in [0.29, 0.717) is 11.0 Å². The molecule has 0 fully saturated rings. The van der Waals surface area contributed by atoms with E-state index in [1.807, 2.05) is 0 Å². The smallest absolute Gasteiger partial charge is 0.335 e. The van der Waals surface area contributed by atoms with Gasteiger partial charge in [0, 0.05) is 0 Å². The van der Waals surface area contributed by atoms with Gasteiger partial charge in [0.15, 0.2) is 0 Å². The number of carbonyl (C=O) groups is 1. The molecule has 2 aromatic carbocycles. The molecule has 1 heterocycles. The van der Waals surface area contributed by atoms with E-state index in [2.05, 4.69) is 10.3 Å². The van der Waals surface area contributed by atoms with Crippen molar-refractivity contribution < 1.29 is 14.3 Å². The number of nitrogens with zero attached hydrogens (tertiary/aromatic N) is 3. The molecule has 0 atom stereocenters. The molecule has 0 unspecified atom stereocenters. The van der Waals surface area contributed by atoms with E-state index in [-0.39, 0.29) is 16.3 Å². The fraction of sp³-hybridized carbons (Fsp3) is 0. The first-order valence-electron chi connectivity index (χ1n) is 5.61. The standard InChI is InChI=1S/C13H7ClFN3O2/c14-8-2-1-3-9(15)12(8)18-11-6-7(13(19)20)4-5-10(11)16-17-18/h1-6H,(H,19,20). The highest BCUT2D eigenvalue weighted by Crippen LogP contribution is 2.26. The van der Waals surface area contributed by atoms with E-state index in [0.717, 1.165) is 0 Å². The Morgan fingerprint density at radius 2 is 2.10 bits per heavy atom. The summed E-state index contributed by atoms with van der Waals surface area (Å²) in [6.07, 6.45) is 0. The summed E-state index contributed by atoms with van der Waals surface area (Å²) < 4.78 is 15.1. The zero-order valence-electron chi connectivity index (χ0n) is 9.92. The molecule has 100 valence electrons. The van der Waals surface area contributed by atoms with Crippen LogP contribution in [0, 0.1) is 5.82 Å². The zero-order chi connectivity index (χ0) is 14.3. The van der Waals surface area contributed by atoms with E-state index in [1.165, 1.54) is 41.1 Å². The van der Waals surface area contributed by atoms with Gasteiger partial charge in [0.1, 0.15) is 17.0 Å². The molecule has 0 bridgehead atoms. The molecule has 7 heteroatoms. The first-order chi connectivity index (χ1) is 9.58. The summed E-state index contributed by atoms with van der Waals surface area (Å²) in [6, 6.07) is 8.54. The minimum absolute atomic E-state index is 0.0409. The second kappa shape index (κ2) is 4.57. The Bertz CT molecular complexity index is 811. The summed E-state index contributed by atoms with van der Waals surface area (Å²) in [4.78, 5) is 11.0. The van der Waals surface area contributed by atoms with Crippen molar-refractivity contribution >= 4 is 28.6 Å². The average molecular weight is 292 g/mol. The van der Waals surface area contributed by atoms with Crippen LogP contribution in [-0.4, -0.2) is 26.1 Å². The molecule has 1 aromatic heterocycles. The summed E-state index contributed by atoms with van der Waals surface area (Å²) in [7, 11) is 0. The number of fused-ring (bicyclic) bond motifs is 1. The topological polar surface area (TPSA) is 68.0 Å². The number of carboxylic acids is 1. The third-order valence-corrected chi connectivity index (χ3v) is 3.15. The predicted molar refractivity (Wildman–Crippen MR) is 70.8 cm³/mol. The van der Waals surface area contributed by atoms with Gasteiger partial charge in [-0.2, -0.15) is 0 Å². The Labute approximate surface area is 117 Å². The predicted octanol–water partition coefficient (Wildman–Crippen LogP) is 2.91. The van der Waals surface area contributed by atoms with Crippen LogP contribution in [0.4, 0.5) is 4.39 Å². The zero-order valence-corrected chi connectivity index (χ0v) is 10.7. The third-order valence-electron chi connectivity index (χ3n) is 2.84. The Morgan fingerprint density at radius 3 is 2.80 bits per heavy atom. The van der Waals surface area contributed by atoms with Crippen molar-refractivity contribution in [3.05, 3.63) is 52.8 Å². The van der Waals surface area contributed by atoms with E-state index >= 15 is 0 Å². The van der Waals surface area contributed by atoms with Crippen LogP contribution in [0.25, 0.3) is 16.7 Å². The van der Waals surface area contributed by atoms with Crippen LogP contribution in [-0.2, 0) is 0 Å². The minimum atomic E-state index is -1.08. The Balaban J connectivity index is 2.31. The molecule has 0 amide bonds. The highest BCUT2D eigenvalue weighted by molar-refractivity contribution is 6.32. The lowest BCUT2D eigenvalue weighted by molar-refractivity contribution is 0.0697. The Hall–Kier alpha value is -2.47. The van der Waals surface area contributed by atoms with Gasteiger partial charge in [-0.1, -0.05) is 22.9 Å². The highest BCUT2D eigenvalue weighted by atomic mass is 35.5. The molecule has 0 spiro atoms. The number of hydrogen-bond donors (Lipinski definition) is 1. The lowest BCUT2D eigenvalue weighted by Gasteiger charge is -2.06. The van der Waals surface area contributed by atoms with Crippen LogP contribution in [0.2, 0.25) is 5.02 Å². The number of halogens is 2. The van der Waals surface area contributed by atoms with Crippen molar-refractivity contribution in [3.63, 3.8) is 0 Å². The first-order valence-corrected chi connectivity index (χ1v) is 5.99. The Kier molecular flexibility index (Phi) is 2.87. The van der Waals surface area contributed by atoms with E-state index in [9.17, 15) is 9.18 Å². The van der Waals surface area contributed by atoms with Gasteiger partial charge in [0.2, 0.25) is 0 Å². The molecule has 1 N–H and O–H groups in total.